The van der Waals surface area contributed by atoms with E-state index < -0.39 is 0 Å². The van der Waals surface area contributed by atoms with Gasteiger partial charge in [0.25, 0.3) is 5.56 Å². The molecule has 0 amide bonds. The van der Waals surface area contributed by atoms with Crippen LogP contribution in [0.25, 0.3) is 11.3 Å². The van der Waals surface area contributed by atoms with E-state index in [1.54, 1.807) is 0 Å². The van der Waals surface area contributed by atoms with Crippen LogP contribution in [0.1, 0.15) is 35.1 Å². The minimum Gasteiger partial charge on any atom is -0.398 e. The number of nitrogen functional groups attached to an aromatic ring is 1. The lowest BCUT2D eigenvalue weighted by molar-refractivity contribution is 0.672. The Morgan fingerprint density at radius 3 is 2.63 bits per heavy atom. The summed E-state index contributed by atoms with van der Waals surface area (Å²) in [4.78, 5) is 15.3. The molecule has 3 heteroatoms. The molecule has 1 heterocycles. The first-order chi connectivity index (χ1) is 9.25. The largest absolute Gasteiger partial charge is 0.398 e. The molecule has 0 bridgehead atoms. The van der Waals surface area contributed by atoms with Crippen LogP contribution in [0.3, 0.4) is 0 Å². The number of hydrogen-bond donors (Lipinski definition) is 2. The summed E-state index contributed by atoms with van der Waals surface area (Å²) >= 11 is 0. The predicted molar refractivity (Wildman–Crippen MR) is 76.4 cm³/mol. The highest BCUT2D eigenvalue weighted by Gasteiger charge is 2.27. The Labute approximate surface area is 111 Å². The number of fused-ring (bicyclic) bond motifs is 5. The second kappa shape index (κ2) is 3.73. The molecule has 0 atom stereocenters. The van der Waals surface area contributed by atoms with E-state index in [9.17, 15) is 4.79 Å². The number of benzene rings is 1. The van der Waals surface area contributed by atoms with Gasteiger partial charge in [0.1, 0.15) is 0 Å². The van der Waals surface area contributed by atoms with Gasteiger partial charge in [0, 0.05) is 23.2 Å². The van der Waals surface area contributed by atoms with Gasteiger partial charge >= 0.3 is 0 Å². The van der Waals surface area contributed by atoms with Gasteiger partial charge in [-0.05, 0) is 48.4 Å². The summed E-state index contributed by atoms with van der Waals surface area (Å²) in [5.74, 6) is 0. The van der Waals surface area contributed by atoms with Gasteiger partial charge in [-0.1, -0.05) is 12.1 Å². The fourth-order valence-electron chi connectivity index (χ4n) is 3.54. The third kappa shape index (κ3) is 1.41. The maximum Gasteiger partial charge on any atom is 0.251 e. The van der Waals surface area contributed by atoms with Crippen molar-refractivity contribution in [1.29, 1.82) is 0 Å². The second-order valence-electron chi connectivity index (χ2n) is 5.52. The van der Waals surface area contributed by atoms with Crippen molar-refractivity contribution >= 4 is 5.69 Å². The van der Waals surface area contributed by atoms with E-state index in [-0.39, 0.29) is 5.56 Å². The minimum atomic E-state index is 0.101. The second-order valence-corrected chi connectivity index (χ2v) is 5.52. The van der Waals surface area contributed by atoms with Crippen LogP contribution in [0.2, 0.25) is 0 Å². The Hall–Kier alpha value is -2.03. The van der Waals surface area contributed by atoms with Crippen LogP contribution in [0.15, 0.2) is 23.0 Å². The Morgan fingerprint density at radius 1 is 1.00 bits per heavy atom. The molecule has 96 valence electrons. The average Bonchev–Trinajstić information content (AvgIpc) is 2.80. The molecule has 19 heavy (non-hydrogen) atoms. The maximum absolute atomic E-state index is 12.2. The van der Waals surface area contributed by atoms with Gasteiger partial charge in [0.15, 0.2) is 0 Å². The SMILES string of the molecule is Nc1cccc2c1Cc1c-2[nH]c(=O)c2c1CCCC2. The van der Waals surface area contributed by atoms with Gasteiger partial charge in [-0.2, -0.15) is 0 Å². The van der Waals surface area contributed by atoms with Crippen molar-refractivity contribution in [3.05, 3.63) is 50.8 Å². The molecule has 3 nitrogen and oxygen atoms in total. The fraction of sp³-hybridized carbons (Fsp3) is 0.312. The molecule has 0 unspecified atom stereocenters. The molecule has 1 aromatic heterocycles. The third-order valence-corrected chi connectivity index (χ3v) is 4.48. The average molecular weight is 252 g/mol. The minimum absolute atomic E-state index is 0.101. The third-order valence-electron chi connectivity index (χ3n) is 4.48. The lowest BCUT2D eigenvalue weighted by atomic mass is 9.88. The highest BCUT2D eigenvalue weighted by atomic mass is 16.1. The molecule has 0 aliphatic heterocycles. The normalized spacial score (nSPS) is 15.8. The topological polar surface area (TPSA) is 58.9 Å². The lowest BCUT2D eigenvalue weighted by Crippen LogP contribution is -2.21. The number of H-pyrrole nitrogens is 1. The molecule has 2 aliphatic carbocycles. The van der Waals surface area contributed by atoms with Gasteiger partial charge < -0.3 is 10.7 Å². The number of hydrogen-bond acceptors (Lipinski definition) is 2. The highest BCUT2D eigenvalue weighted by molar-refractivity contribution is 5.80. The summed E-state index contributed by atoms with van der Waals surface area (Å²) in [7, 11) is 0. The Balaban J connectivity index is 2.03. The number of anilines is 1. The van der Waals surface area contributed by atoms with E-state index in [0.717, 1.165) is 48.2 Å². The first kappa shape index (κ1) is 10.9. The summed E-state index contributed by atoms with van der Waals surface area (Å²) in [5.41, 5.74) is 13.9. The molecular weight excluding hydrogens is 236 g/mol. The van der Waals surface area contributed by atoms with Crippen molar-refractivity contribution in [2.45, 2.75) is 32.1 Å². The smallest absolute Gasteiger partial charge is 0.251 e. The van der Waals surface area contributed by atoms with E-state index in [1.165, 1.54) is 23.1 Å². The molecule has 0 spiro atoms. The van der Waals surface area contributed by atoms with E-state index in [1.807, 2.05) is 12.1 Å². The summed E-state index contributed by atoms with van der Waals surface area (Å²) in [6.45, 7) is 0. The molecule has 3 N–H and O–H groups in total. The summed E-state index contributed by atoms with van der Waals surface area (Å²) in [6.07, 6.45) is 5.15. The van der Waals surface area contributed by atoms with Crippen molar-refractivity contribution < 1.29 is 0 Å². The van der Waals surface area contributed by atoms with E-state index in [0.29, 0.717) is 0 Å². The first-order valence-corrected chi connectivity index (χ1v) is 6.90. The number of nitrogens with one attached hydrogen (secondary N) is 1. The predicted octanol–water partition coefficient (Wildman–Crippen LogP) is 2.41. The van der Waals surface area contributed by atoms with Crippen LogP contribution >= 0.6 is 0 Å². The molecule has 2 aliphatic rings. The number of aromatic nitrogens is 1. The molecule has 0 saturated heterocycles. The zero-order valence-corrected chi connectivity index (χ0v) is 10.8. The molecule has 2 aromatic rings. The Morgan fingerprint density at radius 2 is 1.79 bits per heavy atom. The van der Waals surface area contributed by atoms with Crippen LogP contribution < -0.4 is 11.3 Å². The highest BCUT2D eigenvalue weighted by Crippen LogP contribution is 2.40. The number of nitrogens with two attached hydrogens (primary N) is 1. The molecule has 0 fully saturated rings. The molecule has 1 aromatic carbocycles. The summed E-state index contributed by atoms with van der Waals surface area (Å²) in [5, 5.41) is 0. The quantitative estimate of drug-likeness (QED) is 0.604. The molecule has 0 saturated carbocycles. The van der Waals surface area contributed by atoms with Gasteiger partial charge in [-0.25, -0.2) is 0 Å². The summed E-state index contributed by atoms with van der Waals surface area (Å²) in [6, 6.07) is 5.96. The number of rotatable bonds is 0. The van der Waals surface area contributed by atoms with E-state index in [2.05, 4.69) is 11.1 Å². The van der Waals surface area contributed by atoms with Gasteiger partial charge in [0.05, 0.1) is 5.69 Å². The fourth-order valence-corrected chi connectivity index (χ4v) is 3.54. The standard InChI is InChI=1S/C16H16N2O/c17-14-7-3-6-10-12(14)8-13-9-4-1-2-5-11(9)16(19)18-15(10)13/h3,6-7H,1-2,4-5,8,17H2,(H,18,19). The lowest BCUT2D eigenvalue weighted by Gasteiger charge is -2.18. The van der Waals surface area contributed by atoms with Crippen LogP contribution in [0.5, 0.6) is 0 Å². The van der Waals surface area contributed by atoms with Gasteiger partial charge in [-0.15, -0.1) is 0 Å². The zero-order chi connectivity index (χ0) is 13.0. The van der Waals surface area contributed by atoms with Gasteiger partial charge in [-0.3, -0.25) is 4.79 Å². The van der Waals surface area contributed by atoms with Crippen molar-refractivity contribution in [3.8, 4) is 11.3 Å². The number of aromatic amines is 1. The monoisotopic (exact) mass is 252 g/mol. The molecule has 0 radical (unpaired) electrons. The van der Waals surface area contributed by atoms with E-state index >= 15 is 0 Å². The van der Waals surface area contributed by atoms with Crippen LogP contribution in [-0.4, -0.2) is 4.98 Å². The summed E-state index contributed by atoms with van der Waals surface area (Å²) < 4.78 is 0. The molecule has 4 rings (SSSR count). The van der Waals surface area contributed by atoms with Crippen molar-refractivity contribution in [2.24, 2.45) is 0 Å². The van der Waals surface area contributed by atoms with Crippen molar-refractivity contribution in [1.82, 2.24) is 4.98 Å². The van der Waals surface area contributed by atoms with Crippen molar-refractivity contribution in [2.75, 3.05) is 5.73 Å². The van der Waals surface area contributed by atoms with Crippen LogP contribution in [0, 0.1) is 0 Å². The van der Waals surface area contributed by atoms with E-state index in [4.69, 9.17) is 5.73 Å². The first-order valence-electron chi connectivity index (χ1n) is 6.90. The van der Waals surface area contributed by atoms with Crippen LogP contribution in [0.4, 0.5) is 5.69 Å². The zero-order valence-electron chi connectivity index (χ0n) is 10.8. The Kier molecular flexibility index (Phi) is 2.13. The maximum atomic E-state index is 12.2. The Bertz CT molecular complexity index is 743. The number of pyridine rings is 1. The van der Waals surface area contributed by atoms with Crippen LogP contribution in [-0.2, 0) is 19.3 Å². The van der Waals surface area contributed by atoms with Crippen molar-refractivity contribution in [3.63, 3.8) is 0 Å². The van der Waals surface area contributed by atoms with Gasteiger partial charge in [0.2, 0.25) is 0 Å². The molecular formula is C16H16N2O.